The van der Waals surface area contributed by atoms with Gasteiger partial charge in [-0.3, -0.25) is 0 Å². The molecule has 29 heavy (non-hydrogen) atoms. The van der Waals surface area contributed by atoms with E-state index in [1.54, 1.807) is 11.3 Å². The smallest absolute Gasteiger partial charge is 0.238 e. The van der Waals surface area contributed by atoms with Crippen molar-refractivity contribution >= 4 is 65.4 Å². The largest absolute Gasteiger partial charge is 0.455 e. The Morgan fingerprint density at radius 3 is 2.38 bits per heavy atom. The van der Waals surface area contributed by atoms with E-state index in [2.05, 4.69) is 60.7 Å². The molecular formula is C25H13NO2S. The summed E-state index contributed by atoms with van der Waals surface area (Å²) in [6, 6.07) is 27.0. The van der Waals surface area contributed by atoms with E-state index in [0.717, 1.165) is 53.6 Å². The molecule has 0 saturated heterocycles. The van der Waals surface area contributed by atoms with Crippen LogP contribution in [0.15, 0.2) is 87.7 Å². The fourth-order valence-corrected chi connectivity index (χ4v) is 5.25. The number of rotatable bonds is 1. The quantitative estimate of drug-likeness (QED) is 0.287. The first kappa shape index (κ1) is 15.3. The summed E-state index contributed by atoms with van der Waals surface area (Å²) in [7, 11) is 0. The molecule has 0 saturated carbocycles. The fraction of sp³-hybridized carbons (Fsp3) is 0. The Morgan fingerprint density at radius 2 is 1.41 bits per heavy atom. The van der Waals surface area contributed by atoms with Crippen LogP contribution in [-0.4, -0.2) is 4.98 Å². The van der Waals surface area contributed by atoms with E-state index in [1.807, 2.05) is 18.2 Å². The SMILES string of the molecule is c1ccc2c(c1)ccc1c3cccc(-c4nc5oc6ccccc6c5s4)c3oc21. The van der Waals surface area contributed by atoms with Crippen molar-refractivity contribution in [2.45, 2.75) is 0 Å². The summed E-state index contributed by atoms with van der Waals surface area (Å²) in [4.78, 5) is 4.79. The van der Waals surface area contributed by atoms with E-state index in [1.165, 1.54) is 5.39 Å². The van der Waals surface area contributed by atoms with Crippen LogP contribution in [-0.2, 0) is 0 Å². The number of furan rings is 2. The molecule has 0 amide bonds. The van der Waals surface area contributed by atoms with Crippen LogP contribution in [0, 0.1) is 0 Å². The van der Waals surface area contributed by atoms with Crippen molar-refractivity contribution in [3.8, 4) is 10.6 Å². The van der Waals surface area contributed by atoms with Gasteiger partial charge in [0.2, 0.25) is 5.71 Å². The number of hydrogen-bond acceptors (Lipinski definition) is 4. The van der Waals surface area contributed by atoms with Gasteiger partial charge in [0.05, 0.1) is 5.56 Å². The lowest BCUT2D eigenvalue weighted by Crippen LogP contribution is -1.76. The summed E-state index contributed by atoms with van der Waals surface area (Å²) in [5.74, 6) is 0. The van der Waals surface area contributed by atoms with Gasteiger partial charge in [-0.15, -0.1) is 11.3 Å². The summed E-state index contributed by atoms with van der Waals surface area (Å²) in [6.45, 7) is 0. The Balaban J connectivity index is 1.55. The monoisotopic (exact) mass is 391 g/mol. The molecule has 4 heteroatoms. The first-order valence-electron chi connectivity index (χ1n) is 9.48. The van der Waals surface area contributed by atoms with Gasteiger partial charge in [-0.1, -0.05) is 54.6 Å². The molecule has 0 radical (unpaired) electrons. The zero-order chi connectivity index (χ0) is 18.9. The van der Waals surface area contributed by atoms with E-state index in [9.17, 15) is 0 Å². The molecule has 3 aromatic heterocycles. The van der Waals surface area contributed by atoms with Crippen LogP contribution in [0.2, 0.25) is 0 Å². The van der Waals surface area contributed by atoms with Crippen molar-refractivity contribution in [2.24, 2.45) is 0 Å². The molecule has 0 aliphatic carbocycles. The third-order valence-corrected chi connectivity index (χ3v) is 6.66. The molecule has 7 rings (SSSR count). The van der Waals surface area contributed by atoms with Crippen molar-refractivity contribution < 1.29 is 8.83 Å². The zero-order valence-corrected chi connectivity index (χ0v) is 16.0. The van der Waals surface area contributed by atoms with Crippen molar-refractivity contribution in [1.82, 2.24) is 4.98 Å². The van der Waals surface area contributed by atoms with E-state index in [4.69, 9.17) is 13.8 Å². The minimum Gasteiger partial charge on any atom is -0.455 e. The summed E-state index contributed by atoms with van der Waals surface area (Å²) in [6.07, 6.45) is 0. The zero-order valence-electron chi connectivity index (χ0n) is 15.2. The highest BCUT2D eigenvalue weighted by molar-refractivity contribution is 7.22. The Kier molecular flexibility index (Phi) is 2.88. The molecule has 3 nitrogen and oxygen atoms in total. The average Bonchev–Trinajstić information content (AvgIpc) is 3.44. The normalized spacial score (nSPS) is 12.1. The van der Waals surface area contributed by atoms with Gasteiger partial charge in [0, 0.05) is 21.5 Å². The minimum atomic E-state index is 0.685. The Labute approximate surface area is 168 Å². The molecule has 136 valence electrons. The molecule has 0 spiro atoms. The van der Waals surface area contributed by atoms with Crippen molar-refractivity contribution in [3.63, 3.8) is 0 Å². The molecule has 0 fully saturated rings. The van der Waals surface area contributed by atoms with Gasteiger partial charge < -0.3 is 8.83 Å². The molecule has 0 N–H and O–H groups in total. The number of fused-ring (bicyclic) bond motifs is 8. The Morgan fingerprint density at radius 1 is 0.621 bits per heavy atom. The minimum absolute atomic E-state index is 0.685. The molecule has 4 aromatic carbocycles. The topological polar surface area (TPSA) is 39.2 Å². The van der Waals surface area contributed by atoms with Crippen LogP contribution in [0.3, 0.4) is 0 Å². The van der Waals surface area contributed by atoms with E-state index in [-0.39, 0.29) is 0 Å². The van der Waals surface area contributed by atoms with Crippen LogP contribution >= 0.6 is 11.3 Å². The van der Waals surface area contributed by atoms with Gasteiger partial charge in [0.15, 0.2) is 0 Å². The van der Waals surface area contributed by atoms with Crippen LogP contribution in [0.1, 0.15) is 0 Å². The van der Waals surface area contributed by atoms with Gasteiger partial charge in [0.25, 0.3) is 0 Å². The average molecular weight is 391 g/mol. The highest BCUT2D eigenvalue weighted by atomic mass is 32.1. The number of aromatic nitrogens is 1. The van der Waals surface area contributed by atoms with Gasteiger partial charge >= 0.3 is 0 Å². The predicted octanol–water partition coefficient (Wildman–Crippen LogP) is 7.76. The first-order chi connectivity index (χ1) is 14.4. The molecule has 0 atom stereocenters. The van der Waals surface area contributed by atoms with Crippen LogP contribution in [0.4, 0.5) is 0 Å². The fourth-order valence-electron chi connectivity index (χ4n) is 4.20. The third-order valence-electron chi connectivity index (χ3n) is 5.55. The van der Waals surface area contributed by atoms with Gasteiger partial charge in [0.1, 0.15) is 26.5 Å². The molecule has 0 unspecified atom stereocenters. The molecule has 0 bridgehead atoms. The van der Waals surface area contributed by atoms with E-state index in [0.29, 0.717) is 5.71 Å². The second-order valence-electron chi connectivity index (χ2n) is 7.20. The Hall–Kier alpha value is -3.63. The second-order valence-corrected chi connectivity index (χ2v) is 8.20. The lowest BCUT2D eigenvalue weighted by molar-refractivity contribution is 0.656. The van der Waals surface area contributed by atoms with Crippen LogP contribution in [0.25, 0.3) is 64.7 Å². The number of hydrogen-bond donors (Lipinski definition) is 0. The number of nitrogens with zero attached hydrogens (tertiary/aromatic N) is 1. The maximum Gasteiger partial charge on any atom is 0.238 e. The summed E-state index contributed by atoms with van der Waals surface area (Å²) >= 11 is 1.65. The number of benzene rings is 4. The molecule has 0 aliphatic heterocycles. The standard InChI is InChI=1S/C25H13NO2S/c1-2-7-15-14(6-1)12-13-17-16-9-5-10-19(22(16)28-21(15)17)25-26-24-23(29-25)18-8-3-4-11-20(18)27-24/h1-13H. The molecule has 3 heterocycles. The van der Waals surface area contributed by atoms with Crippen molar-refractivity contribution in [2.75, 3.05) is 0 Å². The second kappa shape index (κ2) is 5.46. The predicted molar refractivity (Wildman–Crippen MR) is 120 cm³/mol. The number of para-hydroxylation sites is 2. The lowest BCUT2D eigenvalue weighted by atomic mass is 10.1. The number of thiazole rings is 1. The summed E-state index contributed by atoms with van der Waals surface area (Å²) in [5, 5.41) is 6.57. The third kappa shape index (κ3) is 2.04. The van der Waals surface area contributed by atoms with Crippen molar-refractivity contribution in [1.29, 1.82) is 0 Å². The highest BCUT2D eigenvalue weighted by Gasteiger charge is 2.18. The van der Waals surface area contributed by atoms with Crippen molar-refractivity contribution in [3.05, 3.63) is 78.9 Å². The molecular weight excluding hydrogens is 378 g/mol. The van der Waals surface area contributed by atoms with Crippen LogP contribution in [0.5, 0.6) is 0 Å². The summed E-state index contributed by atoms with van der Waals surface area (Å²) in [5.41, 5.74) is 4.37. The van der Waals surface area contributed by atoms with Gasteiger partial charge in [-0.2, -0.15) is 0 Å². The first-order valence-corrected chi connectivity index (χ1v) is 10.3. The maximum atomic E-state index is 6.45. The Bertz CT molecular complexity index is 1720. The lowest BCUT2D eigenvalue weighted by Gasteiger charge is -1.97. The molecule has 0 aliphatic rings. The van der Waals surface area contributed by atoms with E-state index >= 15 is 0 Å². The summed E-state index contributed by atoms with van der Waals surface area (Å²) < 4.78 is 13.5. The highest BCUT2D eigenvalue weighted by Crippen LogP contribution is 2.42. The maximum absolute atomic E-state index is 6.45. The molecule has 7 aromatic rings. The van der Waals surface area contributed by atoms with E-state index < -0.39 is 0 Å². The van der Waals surface area contributed by atoms with Gasteiger partial charge in [-0.25, -0.2) is 4.98 Å². The van der Waals surface area contributed by atoms with Crippen LogP contribution < -0.4 is 0 Å². The van der Waals surface area contributed by atoms with Gasteiger partial charge in [-0.05, 0) is 29.7 Å².